The third-order valence-electron chi connectivity index (χ3n) is 13.2. The average molecular weight is 952 g/mol. The molecule has 4 N–H and O–H groups in total. The lowest BCUT2D eigenvalue weighted by Gasteiger charge is -2.32. The lowest BCUT2D eigenvalue weighted by molar-refractivity contribution is -0.139. The number of aromatic carboxylic acids is 1. The number of aromatic nitrogens is 2. The van der Waals surface area contributed by atoms with Gasteiger partial charge in [0.25, 0.3) is 5.91 Å². The van der Waals surface area contributed by atoms with Crippen molar-refractivity contribution in [1.82, 2.24) is 30.0 Å². The molecule has 2 aliphatic carbocycles. The molecule has 10 rings (SSSR count). The number of fused-ring (bicyclic) bond motifs is 2. The number of pyridine rings is 2. The largest absolute Gasteiger partial charge is 0.478 e. The van der Waals surface area contributed by atoms with Gasteiger partial charge in [0.05, 0.1) is 17.2 Å². The number of halogens is 1. The van der Waals surface area contributed by atoms with Gasteiger partial charge in [-0.1, -0.05) is 49.2 Å². The van der Waals surface area contributed by atoms with Gasteiger partial charge in [-0.05, 0) is 114 Å². The molecule has 2 aliphatic heterocycles. The average Bonchev–Trinajstić information content (AvgIpc) is 4.15. The Morgan fingerprint density at radius 3 is 1.67 bits per heavy atom. The van der Waals surface area contributed by atoms with Crippen LogP contribution in [0.5, 0.6) is 0 Å². The van der Waals surface area contributed by atoms with Crippen LogP contribution in [0.4, 0.5) is 11.6 Å². The highest BCUT2D eigenvalue weighted by molar-refractivity contribution is 7.17. The topological polar surface area (TPSA) is 160 Å². The van der Waals surface area contributed by atoms with Crippen molar-refractivity contribution in [2.45, 2.75) is 76.5 Å². The van der Waals surface area contributed by atoms with E-state index in [-0.39, 0.29) is 41.7 Å². The number of nitrogens with zero attached hydrogens (tertiary/aromatic N) is 5. The van der Waals surface area contributed by atoms with Crippen LogP contribution in [0.2, 0.25) is 0 Å². The van der Waals surface area contributed by atoms with Crippen LogP contribution in [0.15, 0.2) is 96.0 Å². The van der Waals surface area contributed by atoms with Gasteiger partial charge in [0.2, 0.25) is 11.8 Å². The van der Waals surface area contributed by atoms with E-state index in [1.165, 1.54) is 43.9 Å². The molecule has 4 aliphatic rings. The third kappa shape index (κ3) is 11.7. The minimum Gasteiger partial charge on any atom is -0.478 e. The molecule has 4 aromatic heterocycles. The van der Waals surface area contributed by atoms with Crippen molar-refractivity contribution in [3.63, 3.8) is 0 Å². The number of hydrogen-bond donors (Lipinski definition) is 4. The summed E-state index contributed by atoms with van der Waals surface area (Å²) in [4.78, 5) is 62.3. The first-order valence-electron chi connectivity index (χ1n) is 22.7. The molecule has 0 spiro atoms. The Bertz CT molecular complexity index is 2570. The maximum atomic E-state index is 13.0. The Balaban J connectivity index is 0.000000162. The molecule has 0 radical (unpaired) electrons. The number of carbonyl (C=O) groups is 4. The van der Waals surface area contributed by atoms with Crippen LogP contribution >= 0.6 is 35.1 Å². The first-order chi connectivity index (χ1) is 31.6. The normalized spacial score (nSPS) is 17.8. The quantitative estimate of drug-likeness (QED) is 0.0933. The lowest BCUT2D eigenvalue weighted by Crippen LogP contribution is -2.44. The van der Waals surface area contributed by atoms with Crippen LogP contribution in [-0.2, 0) is 22.7 Å². The van der Waals surface area contributed by atoms with Crippen molar-refractivity contribution in [1.29, 1.82) is 0 Å². The summed E-state index contributed by atoms with van der Waals surface area (Å²) in [7, 11) is 3.84. The molecule has 6 aromatic rings. The first-order valence-corrected chi connectivity index (χ1v) is 24.5. The molecule has 2 aromatic carbocycles. The highest BCUT2D eigenvalue weighted by Crippen LogP contribution is 2.31. The smallest absolute Gasteiger partial charge is 0.337 e. The van der Waals surface area contributed by atoms with Crippen molar-refractivity contribution in [2.75, 3.05) is 50.9 Å². The van der Waals surface area contributed by atoms with Gasteiger partial charge in [-0.15, -0.1) is 35.1 Å². The van der Waals surface area contributed by atoms with Gasteiger partial charge < -0.3 is 35.8 Å². The Hall–Kier alpha value is -5.61. The van der Waals surface area contributed by atoms with E-state index in [1.807, 2.05) is 53.1 Å². The second-order valence-corrected chi connectivity index (χ2v) is 19.2. The van der Waals surface area contributed by atoms with E-state index in [2.05, 4.69) is 73.1 Å². The zero-order valence-corrected chi connectivity index (χ0v) is 39.9. The number of carboxylic acid groups (broad SMARTS) is 1. The molecule has 2 saturated heterocycles. The predicted molar refractivity (Wildman–Crippen MR) is 267 cm³/mol. The van der Waals surface area contributed by atoms with Crippen molar-refractivity contribution in [2.24, 2.45) is 11.8 Å². The van der Waals surface area contributed by atoms with E-state index in [1.54, 1.807) is 41.0 Å². The number of thiophene rings is 2. The van der Waals surface area contributed by atoms with Crippen molar-refractivity contribution in [3.05, 3.63) is 118 Å². The molecule has 348 valence electrons. The van der Waals surface area contributed by atoms with Gasteiger partial charge in [-0.3, -0.25) is 14.4 Å². The Labute approximate surface area is 400 Å². The van der Waals surface area contributed by atoms with Crippen LogP contribution in [0.25, 0.3) is 20.2 Å². The molecule has 6 heterocycles. The number of anilines is 2. The highest BCUT2D eigenvalue weighted by atomic mass is 35.5. The van der Waals surface area contributed by atoms with E-state index in [0.717, 1.165) is 63.9 Å². The minimum absolute atomic E-state index is 0. The summed E-state index contributed by atoms with van der Waals surface area (Å²) in [5.74, 6) is 1.61. The van der Waals surface area contributed by atoms with E-state index < -0.39 is 5.97 Å². The van der Waals surface area contributed by atoms with Gasteiger partial charge in [-0.25, -0.2) is 14.8 Å². The molecule has 0 bridgehead atoms. The second-order valence-electron chi connectivity index (χ2n) is 17.4. The first kappa shape index (κ1) is 48.3. The molecule has 66 heavy (non-hydrogen) atoms. The highest BCUT2D eigenvalue weighted by Gasteiger charge is 2.36. The summed E-state index contributed by atoms with van der Waals surface area (Å²) >= 11 is 3.46. The molecule has 0 unspecified atom stereocenters. The van der Waals surface area contributed by atoms with Crippen molar-refractivity contribution in [3.8, 4) is 0 Å². The number of hydrogen-bond acceptors (Lipinski definition) is 11. The van der Waals surface area contributed by atoms with Crippen molar-refractivity contribution >= 4 is 90.6 Å². The van der Waals surface area contributed by atoms with Crippen LogP contribution in [0.3, 0.4) is 0 Å². The molecule has 3 amide bonds. The summed E-state index contributed by atoms with van der Waals surface area (Å²) in [5.41, 5.74) is 3.24. The van der Waals surface area contributed by atoms with Gasteiger partial charge in [0.15, 0.2) is 0 Å². The Morgan fingerprint density at radius 2 is 1.21 bits per heavy atom. The third-order valence-corrected chi connectivity index (χ3v) is 15.3. The Kier molecular flexibility index (Phi) is 16.6. The van der Waals surface area contributed by atoms with Crippen molar-refractivity contribution < 1.29 is 24.3 Å². The second kappa shape index (κ2) is 22.7. The maximum absolute atomic E-state index is 13.0. The van der Waals surface area contributed by atoms with Gasteiger partial charge in [0, 0.05) is 86.5 Å². The lowest BCUT2D eigenvalue weighted by atomic mass is 9.84. The number of benzene rings is 2. The van der Waals surface area contributed by atoms with E-state index in [9.17, 15) is 19.2 Å². The predicted octanol–water partition coefficient (Wildman–Crippen LogP) is 9.02. The number of carbonyl (C=O) groups excluding carboxylic acids is 3. The summed E-state index contributed by atoms with van der Waals surface area (Å²) in [6, 6.07) is 24.1. The summed E-state index contributed by atoms with van der Waals surface area (Å²) in [5, 5.41) is 25.5. The Morgan fingerprint density at radius 1 is 0.697 bits per heavy atom. The zero-order chi connectivity index (χ0) is 45.3. The SMILES string of the molecule is CN(C(=O)C1CCC1)[C@H]1CCN(C(=O)c2ccc(NCc3csc4ccccc34)nc2)C1.CN(C(=O)C1CCC1)[C@H]1CCNC1.Cl.O=C(O)c1ccc(NCc2csc3ccccc23)nc1. The van der Waals surface area contributed by atoms with E-state index in [0.29, 0.717) is 55.4 Å². The summed E-state index contributed by atoms with van der Waals surface area (Å²) < 4.78 is 2.54. The number of likely N-dealkylation sites (tertiary alicyclic amines) is 1. The van der Waals surface area contributed by atoms with E-state index >= 15 is 0 Å². The molecule has 2 atom stereocenters. The number of likely N-dealkylation sites (N-methyl/N-ethyl adjacent to an activating group) is 2. The van der Waals surface area contributed by atoms with Crippen LogP contribution in [0.1, 0.15) is 83.2 Å². The standard InChI is InChI=1S/C25H28N4O2S.C15H12N2O2S.C10H18N2O.ClH/c1-28(24(30)17-5-4-6-17)20-11-12-29(15-20)25(31)18-9-10-23(26-13-18)27-14-19-16-32-22-8-3-2-7-21(19)22;18-15(19)10-5-6-14(16-7-10)17-8-11-9-20-13-4-2-1-3-12(11)13;1-12(9-5-6-11-7-9)10(13)8-3-2-4-8;/h2-3,7-10,13,16-17,20H,4-6,11-12,14-15H2,1H3,(H,26,27);1-7,9H,8H2,(H,16,17)(H,18,19);8-9,11H,2-7H2,1H3;1H/t20-;;9-;/m0.0./s1. The summed E-state index contributed by atoms with van der Waals surface area (Å²) in [6.07, 6.45) is 11.6. The zero-order valence-electron chi connectivity index (χ0n) is 37.5. The summed E-state index contributed by atoms with van der Waals surface area (Å²) in [6.45, 7) is 4.68. The van der Waals surface area contributed by atoms with Crippen LogP contribution in [0, 0.1) is 11.8 Å². The number of carboxylic acids is 1. The molecule has 4 fully saturated rings. The van der Waals surface area contributed by atoms with Crippen LogP contribution < -0.4 is 16.0 Å². The van der Waals surface area contributed by atoms with E-state index in [4.69, 9.17) is 5.11 Å². The number of nitrogens with one attached hydrogen (secondary N) is 3. The molecule has 16 heteroatoms. The van der Waals surface area contributed by atoms with Gasteiger partial charge in [-0.2, -0.15) is 0 Å². The monoisotopic (exact) mass is 950 g/mol. The fourth-order valence-corrected chi connectivity index (χ4v) is 10.5. The molecular formula is C50H59ClN8O5S2. The fraction of sp³-hybridized carbons (Fsp3) is 0.400. The molecule has 2 saturated carbocycles. The maximum Gasteiger partial charge on any atom is 0.337 e. The fourth-order valence-electron chi connectivity index (χ4n) is 8.60. The van der Waals surface area contributed by atoms with Gasteiger partial charge in [0.1, 0.15) is 11.6 Å². The number of rotatable bonds is 12. The molecular weight excluding hydrogens is 892 g/mol. The minimum atomic E-state index is -0.965. The molecule has 13 nitrogen and oxygen atoms in total. The van der Waals surface area contributed by atoms with Crippen LogP contribution in [-0.4, -0.2) is 106 Å². The van der Waals surface area contributed by atoms with Gasteiger partial charge >= 0.3 is 5.97 Å². The number of amides is 3.